The van der Waals surface area contributed by atoms with Crippen LogP contribution in [0.5, 0.6) is 5.75 Å². The molecule has 2 N–H and O–H groups in total. The number of ether oxygens (including phenoxy) is 1. The molecule has 0 bridgehead atoms. The molecule has 1 atom stereocenters. The van der Waals surface area contributed by atoms with Crippen molar-refractivity contribution in [2.24, 2.45) is 5.73 Å². The minimum Gasteiger partial charge on any atom is -0.497 e. The van der Waals surface area contributed by atoms with Crippen LogP contribution in [0.4, 0.5) is 5.82 Å². The van der Waals surface area contributed by atoms with Crippen LogP contribution in [0, 0.1) is 18.3 Å². The Hall–Kier alpha value is -4.01. The number of ketones is 1. The molecule has 1 aliphatic rings. The summed E-state index contributed by atoms with van der Waals surface area (Å²) in [6, 6.07) is 9.04. The molecule has 1 aliphatic heterocycles. The molecule has 1 aromatic carbocycles. The lowest BCUT2D eigenvalue weighted by Gasteiger charge is -2.33. The van der Waals surface area contributed by atoms with Gasteiger partial charge >= 0.3 is 0 Å². The van der Waals surface area contributed by atoms with Crippen molar-refractivity contribution in [1.82, 2.24) is 19.1 Å². The van der Waals surface area contributed by atoms with E-state index in [0.717, 1.165) is 30.1 Å². The molecule has 0 spiro atoms. The maximum absolute atomic E-state index is 13.8. The molecular weight excluding hydrogens is 490 g/mol. The normalized spacial score (nSPS) is 15.6. The Labute approximate surface area is 217 Å². The number of aryl methyl sites for hydroxylation is 1. The Kier molecular flexibility index (Phi) is 6.78. The van der Waals surface area contributed by atoms with Gasteiger partial charge in [-0.15, -0.1) is 11.3 Å². The molecule has 0 amide bonds. The number of carbonyl (C=O) groups is 1. The van der Waals surface area contributed by atoms with Gasteiger partial charge in [0.15, 0.2) is 5.78 Å². The van der Waals surface area contributed by atoms with Crippen LogP contribution >= 0.6 is 11.3 Å². The molecule has 1 fully saturated rings. The molecule has 11 heteroatoms. The molecule has 0 unspecified atom stereocenters. The number of rotatable bonds is 7. The summed E-state index contributed by atoms with van der Waals surface area (Å²) in [7, 11) is 1.53. The van der Waals surface area contributed by atoms with Crippen molar-refractivity contribution in [2.45, 2.75) is 38.9 Å². The number of benzene rings is 1. The third-order valence-electron chi connectivity index (χ3n) is 6.56. The van der Waals surface area contributed by atoms with Gasteiger partial charge in [-0.05, 0) is 31.9 Å². The molecule has 0 saturated carbocycles. The number of hydrogen-bond donors (Lipinski definition) is 1. The van der Waals surface area contributed by atoms with Crippen LogP contribution in [0.1, 0.15) is 39.5 Å². The average molecular weight is 518 g/mol. The minimum absolute atomic E-state index is 0.0293. The van der Waals surface area contributed by atoms with Gasteiger partial charge in [0.1, 0.15) is 34.2 Å². The van der Waals surface area contributed by atoms with E-state index in [1.807, 2.05) is 16.9 Å². The Morgan fingerprint density at radius 2 is 2.22 bits per heavy atom. The van der Waals surface area contributed by atoms with Crippen LogP contribution in [0.2, 0.25) is 0 Å². The maximum atomic E-state index is 13.8. The fraction of sp³-hybridized carbons (Fsp3) is 0.346. The van der Waals surface area contributed by atoms with E-state index in [0.29, 0.717) is 41.3 Å². The fourth-order valence-electron chi connectivity index (χ4n) is 4.84. The number of aromatic nitrogens is 4. The van der Waals surface area contributed by atoms with Gasteiger partial charge in [-0.3, -0.25) is 14.2 Å². The summed E-state index contributed by atoms with van der Waals surface area (Å²) in [5.41, 5.74) is 8.02. The van der Waals surface area contributed by atoms with E-state index in [2.05, 4.69) is 20.9 Å². The minimum atomic E-state index is -0.391. The van der Waals surface area contributed by atoms with E-state index in [4.69, 9.17) is 10.5 Å². The monoisotopic (exact) mass is 517 g/mol. The van der Waals surface area contributed by atoms with Crippen molar-refractivity contribution in [3.63, 3.8) is 0 Å². The van der Waals surface area contributed by atoms with Crippen LogP contribution in [0.3, 0.4) is 0 Å². The van der Waals surface area contributed by atoms with Crippen LogP contribution in [-0.2, 0) is 13.1 Å². The number of nitrogens with zero attached hydrogens (tertiary/aromatic N) is 6. The number of thiazole rings is 1. The number of hydrogen-bond acceptors (Lipinski definition) is 9. The largest absolute Gasteiger partial charge is 0.497 e. The Morgan fingerprint density at radius 1 is 1.38 bits per heavy atom. The summed E-state index contributed by atoms with van der Waals surface area (Å²) in [5.74, 6) is 0.931. The first-order valence-corrected chi connectivity index (χ1v) is 12.9. The number of anilines is 1. The molecule has 1 saturated heterocycles. The molecule has 3 aromatic heterocycles. The topological polar surface area (TPSA) is 132 Å². The molecule has 4 aromatic rings. The van der Waals surface area contributed by atoms with Gasteiger partial charge in [-0.2, -0.15) is 5.26 Å². The van der Waals surface area contributed by atoms with Crippen LogP contribution in [0.15, 0.2) is 40.8 Å². The van der Waals surface area contributed by atoms with Crippen LogP contribution in [0.25, 0.3) is 11.0 Å². The molecule has 0 aliphatic carbocycles. The zero-order chi connectivity index (χ0) is 26.1. The second kappa shape index (κ2) is 10.2. The molecule has 37 heavy (non-hydrogen) atoms. The summed E-state index contributed by atoms with van der Waals surface area (Å²) < 4.78 is 8.33. The van der Waals surface area contributed by atoms with Crippen LogP contribution < -0.4 is 20.9 Å². The number of Topliss-reactive ketones (excluding diaryl/α,β-unsaturated/α-hetero) is 1. The molecular formula is C26H27N7O3S. The Bertz CT molecular complexity index is 1580. The number of methoxy groups -OCH3 is 1. The summed E-state index contributed by atoms with van der Waals surface area (Å²) >= 11 is 1.52. The maximum Gasteiger partial charge on any atom is 0.278 e. The highest BCUT2D eigenvalue weighted by Gasteiger charge is 2.29. The second-order valence-electron chi connectivity index (χ2n) is 9.13. The van der Waals surface area contributed by atoms with Gasteiger partial charge in [0.2, 0.25) is 0 Å². The first kappa shape index (κ1) is 24.7. The SMILES string of the molecule is COc1cccc(C(=O)Cn2cnc3c(C#N)c(N4CCC[C@@H](N)C4)n(Cc4csc(C)n4)c3c2=O)c1. The summed E-state index contributed by atoms with van der Waals surface area (Å²) in [4.78, 5) is 38.0. The highest BCUT2D eigenvalue weighted by molar-refractivity contribution is 7.09. The quantitative estimate of drug-likeness (QED) is 0.370. The van der Waals surface area contributed by atoms with Gasteiger partial charge in [0.05, 0.1) is 37.2 Å². The zero-order valence-electron chi connectivity index (χ0n) is 20.7. The van der Waals surface area contributed by atoms with E-state index in [1.54, 1.807) is 24.3 Å². The lowest BCUT2D eigenvalue weighted by molar-refractivity contribution is 0.0970. The first-order valence-electron chi connectivity index (χ1n) is 12.0. The smallest absolute Gasteiger partial charge is 0.278 e. The average Bonchev–Trinajstić information content (AvgIpc) is 3.46. The van der Waals surface area contributed by atoms with Crippen molar-refractivity contribution in [1.29, 1.82) is 5.26 Å². The predicted molar refractivity (Wildman–Crippen MR) is 141 cm³/mol. The molecule has 4 heterocycles. The van der Waals surface area contributed by atoms with Crippen molar-refractivity contribution in [3.8, 4) is 11.8 Å². The second-order valence-corrected chi connectivity index (χ2v) is 10.2. The fourth-order valence-corrected chi connectivity index (χ4v) is 5.44. The number of fused-ring (bicyclic) bond motifs is 1. The first-order chi connectivity index (χ1) is 17.9. The van der Waals surface area contributed by atoms with E-state index < -0.39 is 5.56 Å². The van der Waals surface area contributed by atoms with E-state index in [-0.39, 0.29) is 23.9 Å². The Morgan fingerprint density at radius 3 is 2.92 bits per heavy atom. The highest BCUT2D eigenvalue weighted by Crippen LogP contribution is 2.32. The van der Waals surface area contributed by atoms with E-state index in [1.165, 1.54) is 29.3 Å². The Balaban J connectivity index is 1.64. The molecule has 0 radical (unpaired) electrons. The van der Waals surface area contributed by atoms with Gasteiger partial charge in [-0.25, -0.2) is 9.97 Å². The van der Waals surface area contributed by atoms with Crippen molar-refractivity contribution in [2.75, 3.05) is 25.1 Å². The molecule has 10 nitrogen and oxygen atoms in total. The van der Waals surface area contributed by atoms with Crippen molar-refractivity contribution < 1.29 is 9.53 Å². The third kappa shape index (κ3) is 4.73. The summed E-state index contributed by atoms with van der Waals surface area (Å²) in [5, 5.41) is 13.0. The zero-order valence-corrected chi connectivity index (χ0v) is 21.5. The number of nitriles is 1. The van der Waals surface area contributed by atoms with Gasteiger partial charge in [0.25, 0.3) is 5.56 Å². The van der Waals surface area contributed by atoms with Gasteiger partial charge in [-0.1, -0.05) is 12.1 Å². The van der Waals surface area contributed by atoms with E-state index >= 15 is 0 Å². The number of piperidine rings is 1. The summed E-state index contributed by atoms with van der Waals surface area (Å²) in [6.07, 6.45) is 3.13. The third-order valence-corrected chi connectivity index (χ3v) is 7.38. The highest BCUT2D eigenvalue weighted by atomic mass is 32.1. The number of carbonyl (C=O) groups excluding carboxylic acids is 1. The van der Waals surface area contributed by atoms with Crippen molar-refractivity contribution in [3.05, 3.63) is 68.2 Å². The lowest BCUT2D eigenvalue weighted by atomic mass is 10.1. The molecule has 5 rings (SSSR count). The van der Waals surface area contributed by atoms with E-state index in [9.17, 15) is 14.9 Å². The molecule has 190 valence electrons. The number of nitrogens with two attached hydrogens (primary N) is 1. The van der Waals surface area contributed by atoms with Gasteiger partial charge in [0, 0.05) is 30.1 Å². The predicted octanol–water partition coefficient (Wildman–Crippen LogP) is 2.70. The standard InChI is InChI=1S/C26H27N7O3S/c1-16-30-19(14-37-16)12-33-24-23(21(10-27)25(33)31-8-4-6-18(28)11-31)29-15-32(26(24)35)13-22(34)17-5-3-7-20(9-17)36-2/h3,5,7,9,14-15,18H,4,6,8,11-13,28H2,1-2H3/t18-/m1/s1. The van der Waals surface area contributed by atoms with Crippen molar-refractivity contribution >= 4 is 34.0 Å². The lowest BCUT2D eigenvalue weighted by Crippen LogP contribution is -2.44. The van der Waals surface area contributed by atoms with Gasteiger partial charge < -0.3 is 19.9 Å². The summed E-state index contributed by atoms with van der Waals surface area (Å²) in [6.45, 7) is 3.32. The van der Waals surface area contributed by atoms with Crippen LogP contribution in [-0.4, -0.2) is 51.1 Å².